The maximum atomic E-state index is 12.8. The Kier molecular flexibility index (Phi) is 5.04. The third-order valence-electron chi connectivity index (χ3n) is 5.50. The van der Waals surface area contributed by atoms with Crippen LogP contribution in [0.15, 0.2) is 29.3 Å². The quantitative estimate of drug-likeness (QED) is 0.811. The number of carbonyl (C=O) groups is 1. The normalized spacial score (nSPS) is 19.5. The second kappa shape index (κ2) is 7.46. The van der Waals surface area contributed by atoms with E-state index in [4.69, 9.17) is 4.74 Å². The number of nitrogens with zero attached hydrogens (tertiary/aromatic N) is 1. The van der Waals surface area contributed by atoms with Crippen molar-refractivity contribution in [3.63, 3.8) is 0 Å². The van der Waals surface area contributed by atoms with Crippen LogP contribution in [0.4, 0.5) is 0 Å². The van der Waals surface area contributed by atoms with E-state index in [1.165, 1.54) is 11.0 Å². The fourth-order valence-electron chi connectivity index (χ4n) is 3.72. The summed E-state index contributed by atoms with van der Waals surface area (Å²) in [7, 11) is 0. The average Bonchev–Trinajstić information content (AvgIpc) is 3.22. The number of rotatable bonds is 4. The molecule has 142 valence electrons. The second-order valence-electron chi connectivity index (χ2n) is 7.19. The average molecular weight is 385 g/mol. The number of quaternary nitrogens is 1. The van der Waals surface area contributed by atoms with E-state index in [9.17, 15) is 9.90 Å². The van der Waals surface area contributed by atoms with E-state index in [2.05, 4.69) is 11.8 Å². The maximum Gasteiger partial charge on any atom is 0.232 e. The molecule has 0 amide bonds. The molecule has 27 heavy (non-hydrogen) atoms. The molecule has 3 heterocycles. The molecular weight excluding hydrogens is 360 g/mol. The van der Waals surface area contributed by atoms with E-state index in [1.54, 1.807) is 23.5 Å². The molecule has 0 saturated carbocycles. The Bertz CT molecular complexity index is 895. The molecule has 5 nitrogen and oxygen atoms in total. The zero-order valence-electron chi connectivity index (χ0n) is 15.7. The van der Waals surface area contributed by atoms with Crippen LogP contribution in [0, 0.1) is 6.92 Å². The summed E-state index contributed by atoms with van der Waals surface area (Å²) in [6.45, 7) is 9.94. The summed E-state index contributed by atoms with van der Waals surface area (Å²) in [5, 5.41) is 14.5. The summed E-state index contributed by atoms with van der Waals surface area (Å²) in [4.78, 5) is 17.6. The number of allylic oxidation sites excluding steroid dienone is 1. The minimum atomic E-state index is -0.134. The van der Waals surface area contributed by atoms with E-state index >= 15 is 0 Å². The van der Waals surface area contributed by atoms with Crippen molar-refractivity contribution < 1.29 is 19.5 Å². The van der Waals surface area contributed by atoms with Gasteiger partial charge in [-0.3, -0.25) is 9.69 Å². The number of aryl methyl sites for hydroxylation is 1. The van der Waals surface area contributed by atoms with Crippen molar-refractivity contribution in [1.29, 1.82) is 0 Å². The molecular formula is C21H24N2O3S. The SMILES string of the molecule is CCN1CC[NH+](Cc2c([O-])ccc3c2OC(=Cc2sccc2C)C3=O)CC1. The number of hydrogen-bond donors (Lipinski definition) is 1. The lowest BCUT2D eigenvalue weighted by molar-refractivity contribution is -0.918. The summed E-state index contributed by atoms with van der Waals surface area (Å²) >= 11 is 1.58. The van der Waals surface area contributed by atoms with Gasteiger partial charge in [-0.2, -0.15) is 0 Å². The number of ketones is 1. The van der Waals surface area contributed by atoms with Crippen LogP contribution >= 0.6 is 11.3 Å². The number of likely N-dealkylation sites (N-methyl/N-ethyl adjacent to an activating group) is 1. The molecule has 2 aromatic rings. The Labute approximate surface area is 163 Å². The topological polar surface area (TPSA) is 57.0 Å². The first kappa shape index (κ1) is 18.2. The van der Waals surface area contributed by atoms with Gasteiger partial charge in [-0.15, -0.1) is 11.3 Å². The van der Waals surface area contributed by atoms with Crippen molar-refractivity contribution in [2.45, 2.75) is 20.4 Å². The van der Waals surface area contributed by atoms with Crippen molar-refractivity contribution in [3.05, 3.63) is 50.9 Å². The lowest BCUT2D eigenvalue weighted by Crippen LogP contribution is -3.13. The molecule has 0 spiro atoms. The molecule has 1 saturated heterocycles. The predicted molar refractivity (Wildman–Crippen MR) is 104 cm³/mol. The van der Waals surface area contributed by atoms with Crippen molar-refractivity contribution >= 4 is 23.2 Å². The maximum absolute atomic E-state index is 12.8. The first-order valence-electron chi connectivity index (χ1n) is 9.44. The number of hydrogen-bond acceptors (Lipinski definition) is 5. The Hall–Kier alpha value is -2.15. The number of thiophene rings is 1. The number of piperazine rings is 1. The molecule has 0 aliphatic carbocycles. The van der Waals surface area contributed by atoms with Gasteiger partial charge >= 0.3 is 0 Å². The van der Waals surface area contributed by atoms with Gasteiger partial charge in [0.05, 0.1) is 18.7 Å². The van der Waals surface area contributed by atoms with E-state index in [0.29, 0.717) is 29.2 Å². The number of fused-ring (bicyclic) bond motifs is 1. The lowest BCUT2D eigenvalue weighted by Gasteiger charge is -2.32. The van der Waals surface area contributed by atoms with Gasteiger partial charge < -0.3 is 14.7 Å². The third-order valence-corrected chi connectivity index (χ3v) is 6.46. The number of nitrogens with one attached hydrogen (secondary N) is 1. The number of carbonyl (C=O) groups excluding carboxylic acids is 1. The summed E-state index contributed by atoms with van der Waals surface area (Å²) in [5.41, 5.74) is 2.26. The molecule has 2 aliphatic rings. The molecule has 1 N–H and O–H groups in total. The summed E-state index contributed by atoms with van der Waals surface area (Å²) < 4.78 is 5.94. The van der Waals surface area contributed by atoms with Gasteiger partial charge in [0, 0.05) is 29.6 Å². The molecule has 1 aromatic heterocycles. The lowest BCUT2D eigenvalue weighted by atomic mass is 10.0. The predicted octanol–water partition coefficient (Wildman–Crippen LogP) is 1.47. The minimum Gasteiger partial charge on any atom is -0.872 e. The van der Waals surface area contributed by atoms with Crippen LogP contribution in [0.25, 0.3) is 6.08 Å². The van der Waals surface area contributed by atoms with Crippen molar-refractivity contribution in [2.75, 3.05) is 32.7 Å². The van der Waals surface area contributed by atoms with Crippen molar-refractivity contribution in [1.82, 2.24) is 4.90 Å². The molecule has 1 aromatic carbocycles. The van der Waals surface area contributed by atoms with Crippen molar-refractivity contribution in [2.24, 2.45) is 0 Å². The Balaban J connectivity index is 1.59. The van der Waals surface area contributed by atoms with Crippen LogP contribution in [-0.4, -0.2) is 43.4 Å². The van der Waals surface area contributed by atoms with E-state index < -0.39 is 0 Å². The standard InChI is InChI=1S/C21H24N2O3S/c1-3-22-7-9-23(10-8-22)13-16-17(24)5-4-15-20(25)18(26-21(15)16)12-19-14(2)6-11-27-19/h4-6,11-12,24H,3,7-10,13H2,1-2H3. The molecule has 6 heteroatoms. The van der Waals surface area contributed by atoms with Crippen LogP contribution in [0.1, 0.15) is 33.3 Å². The summed E-state index contributed by atoms with van der Waals surface area (Å²) in [6.07, 6.45) is 1.80. The highest BCUT2D eigenvalue weighted by atomic mass is 32.1. The van der Waals surface area contributed by atoms with Gasteiger partial charge in [0.2, 0.25) is 5.78 Å². The zero-order chi connectivity index (χ0) is 19.0. The largest absolute Gasteiger partial charge is 0.872 e. The monoisotopic (exact) mass is 384 g/mol. The van der Waals surface area contributed by atoms with Crippen LogP contribution < -0.4 is 14.7 Å². The third kappa shape index (κ3) is 3.52. The summed E-state index contributed by atoms with van der Waals surface area (Å²) in [5.74, 6) is 0.608. The van der Waals surface area contributed by atoms with Crippen LogP contribution in [0.5, 0.6) is 11.5 Å². The first-order chi connectivity index (χ1) is 13.1. The molecule has 1 fully saturated rings. The van der Waals surface area contributed by atoms with Crippen LogP contribution in [0.2, 0.25) is 0 Å². The highest BCUT2D eigenvalue weighted by Crippen LogP contribution is 2.38. The second-order valence-corrected chi connectivity index (χ2v) is 8.14. The molecule has 0 radical (unpaired) electrons. The summed E-state index contributed by atoms with van der Waals surface area (Å²) in [6, 6.07) is 5.14. The molecule has 2 aliphatic heterocycles. The Morgan fingerprint density at radius 3 is 2.74 bits per heavy atom. The highest BCUT2D eigenvalue weighted by Gasteiger charge is 2.31. The molecule has 0 unspecified atom stereocenters. The van der Waals surface area contributed by atoms with E-state index in [-0.39, 0.29) is 11.5 Å². The first-order valence-corrected chi connectivity index (χ1v) is 10.3. The smallest absolute Gasteiger partial charge is 0.232 e. The van der Waals surface area contributed by atoms with Gasteiger partial charge in [-0.05, 0) is 36.5 Å². The van der Waals surface area contributed by atoms with E-state index in [1.807, 2.05) is 18.4 Å². The van der Waals surface area contributed by atoms with Gasteiger partial charge in [0.1, 0.15) is 12.3 Å². The highest BCUT2D eigenvalue weighted by molar-refractivity contribution is 7.11. The molecule has 0 bridgehead atoms. The molecule has 4 rings (SSSR count). The molecule has 0 atom stereocenters. The fraction of sp³-hybridized carbons (Fsp3) is 0.381. The Morgan fingerprint density at radius 2 is 2.07 bits per heavy atom. The number of ether oxygens (including phenoxy) is 1. The van der Waals surface area contributed by atoms with E-state index in [0.717, 1.165) is 43.2 Å². The van der Waals surface area contributed by atoms with Crippen LogP contribution in [0.3, 0.4) is 0 Å². The van der Waals surface area contributed by atoms with Crippen molar-refractivity contribution in [3.8, 4) is 11.5 Å². The van der Waals surface area contributed by atoms with Gasteiger partial charge in [0.15, 0.2) is 5.76 Å². The minimum absolute atomic E-state index is 0.0412. The number of Topliss-reactive ketones (excluding diaryl/α,β-unsaturated/α-hetero) is 1. The van der Waals surface area contributed by atoms with Gasteiger partial charge in [0.25, 0.3) is 0 Å². The fourth-order valence-corrected chi connectivity index (χ4v) is 4.57. The van der Waals surface area contributed by atoms with Gasteiger partial charge in [-0.1, -0.05) is 18.7 Å². The van der Waals surface area contributed by atoms with Crippen LogP contribution in [-0.2, 0) is 6.54 Å². The Morgan fingerprint density at radius 1 is 1.30 bits per heavy atom. The number of benzene rings is 1. The van der Waals surface area contributed by atoms with Gasteiger partial charge in [-0.25, -0.2) is 0 Å². The zero-order valence-corrected chi connectivity index (χ0v) is 16.5.